The van der Waals surface area contributed by atoms with Crippen LogP contribution in [0.15, 0.2) is 54.7 Å². The van der Waals surface area contributed by atoms with E-state index in [-0.39, 0.29) is 0 Å². The summed E-state index contributed by atoms with van der Waals surface area (Å²) < 4.78 is 1.88. The standard InChI is InChI=1S/C22H24N6/c1-16-19(17(2)26-25-16)12-14-22-24-20(13-11-18-8-4-3-5-9-18)27-28(22)21-10-6-7-15-23-21/h3-10,15H,11-14H2,1-2H3,(H,25,26). The maximum Gasteiger partial charge on any atom is 0.155 e. The van der Waals surface area contributed by atoms with Crippen molar-refractivity contribution in [3.8, 4) is 5.82 Å². The first-order valence-corrected chi connectivity index (χ1v) is 9.61. The summed E-state index contributed by atoms with van der Waals surface area (Å²) in [5.74, 6) is 2.59. The Bertz CT molecular complexity index is 1010. The van der Waals surface area contributed by atoms with Gasteiger partial charge in [0.1, 0.15) is 5.82 Å². The number of aromatic nitrogens is 6. The van der Waals surface area contributed by atoms with E-state index in [1.165, 1.54) is 11.1 Å². The average Bonchev–Trinajstić information content (AvgIpc) is 3.29. The molecule has 6 nitrogen and oxygen atoms in total. The summed E-state index contributed by atoms with van der Waals surface area (Å²) in [4.78, 5) is 9.30. The van der Waals surface area contributed by atoms with Crippen molar-refractivity contribution in [3.63, 3.8) is 0 Å². The van der Waals surface area contributed by atoms with Crippen LogP contribution >= 0.6 is 0 Å². The van der Waals surface area contributed by atoms with Crippen LogP contribution in [0.5, 0.6) is 0 Å². The maximum absolute atomic E-state index is 4.84. The third-order valence-electron chi connectivity index (χ3n) is 4.94. The first kappa shape index (κ1) is 18.1. The van der Waals surface area contributed by atoms with E-state index >= 15 is 0 Å². The van der Waals surface area contributed by atoms with E-state index in [0.717, 1.165) is 54.5 Å². The van der Waals surface area contributed by atoms with Gasteiger partial charge < -0.3 is 0 Å². The molecular weight excluding hydrogens is 348 g/mol. The van der Waals surface area contributed by atoms with Crippen LogP contribution in [0.3, 0.4) is 0 Å². The van der Waals surface area contributed by atoms with Gasteiger partial charge in [-0.25, -0.2) is 9.97 Å². The molecule has 0 saturated heterocycles. The second-order valence-electron chi connectivity index (χ2n) is 6.94. The zero-order chi connectivity index (χ0) is 19.3. The Kier molecular flexibility index (Phi) is 5.28. The first-order valence-electron chi connectivity index (χ1n) is 9.61. The molecule has 0 aliphatic rings. The molecule has 0 bridgehead atoms. The minimum absolute atomic E-state index is 0.788. The van der Waals surface area contributed by atoms with Gasteiger partial charge in [0.05, 0.1) is 5.69 Å². The molecule has 0 aliphatic heterocycles. The lowest BCUT2D eigenvalue weighted by molar-refractivity contribution is 0.743. The highest BCUT2D eigenvalue weighted by atomic mass is 15.4. The van der Waals surface area contributed by atoms with Gasteiger partial charge in [-0.1, -0.05) is 36.4 Å². The normalized spacial score (nSPS) is 11.1. The van der Waals surface area contributed by atoms with Gasteiger partial charge in [-0.15, -0.1) is 5.10 Å². The monoisotopic (exact) mass is 372 g/mol. The van der Waals surface area contributed by atoms with Crippen molar-refractivity contribution in [3.05, 3.63) is 88.9 Å². The Morgan fingerprint density at radius 3 is 2.43 bits per heavy atom. The summed E-state index contributed by atoms with van der Waals surface area (Å²) in [5, 5.41) is 12.1. The van der Waals surface area contributed by atoms with Crippen LogP contribution in [0.2, 0.25) is 0 Å². The molecule has 0 fully saturated rings. The summed E-state index contributed by atoms with van der Waals surface area (Å²) in [7, 11) is 0. The molecular formula is C22H24N6. The number of hydrogen-bond donors (Lipinski definition) is 1. The lowest BCUT2D eigenvalue weighted by Gasteiger charge is -2.05. The van der Waals surface area contributed by atoms with E-state index in [1.54, 1.807) is 6.20 Å². The van der Waals surface area contributed by atoms with Gasteiger partial charge in [-0.3, -0.25) is 5.10 Å². The zero-order valence-electron chi connectivity index (χ0n) is 16.3. The Labute approximate surface area is 164 Å². The van der Waals surface area contributed by atoms with E-state index in [9.17, 15) is 0 Å². The quantitative estimate of drug-likeness (QED) is 0.538. The number of hydrogen-bond acceptors (Lipinski definition) is 4. The first-order chi connectivity index (χ1) is 13.7. The molecule has 0 saturated carbocycles. The van der Waals surface area contributed by atoms with E-state index in [2.05, 4.69) is 46.4 Å². The molecule has 0 amide bonds. The fourth-order valence-electron chi connectivity index (χ4n) is 3.40. The van der Waals surface area contributed by atoms with E-state index < -0.39 is 0 Å². The molecule has 0 radical (unpaired) electrons. The third kappa shape index (κ3) is 4.01. The molecule has 0 atom stereocenters. The number of nitrogens with one attached hydrogen (secondary N) is 1. The Hall–Kier alpha value is -3.28. The minimum atomic E-state index is 0.788. The number of benzene rings is 1. The topological polar surface area (TPSA) is 72.3 Å². The van der Waals surface area contributed by atoms with Crippen LogP contribution < -0.4 is 0 Å². The van der Waals surface area contributed by atoms with E-state index in [0.29, 0.717) is 0 Å². The highest BCUT2D eigenvalue weighted by Crippen LogP contribution is 2.15. The van der Waals surface area contributed by atoms with Crippen molar-refractivity contribution in [1.82, 2.24) is 29.9 Å². The van der Waals surface area contributed by atoms with Crippen LogP contribution in [0.25, 0.3) is 5.82 Å². The van der Waals surface area contributed by atoms with Gasteiger partial charge in [0.25, 0.3) is 0 Å². The maximum atomic E-state index is 4.84. The summed E-state index contributed by atoms with van der Waals surface area (Å²) in [6.45, 7) is 4.09. The highest BCUT2D eigenvalue weighted by molar-refractivity contribution is 5.26. The van der Waals surface area contributed by atoms with Gasteiger partial charge >= 0.3 is 0 Å². The van der Waals surface area contributed by atoms with Crippen molar-refractivity contribution >= 4 is 0 Å². The van der Waals surface area contributed by atoms with Gasteiger partial charge in [-0.2, -0.15) is 9.78 Å². The molecule has 1 aromatic carbocycles. The lowest BCUT2D eigenvalue weighted by Crippen LogP contribution is -2.07. The Morgan fingerprint density at radius 2 is 1.71 bits per heavy atom. The van der Waals surface area contributed by atoms with Crippen molar-refractivity contribution in [2.45, 2.75) is 39.5 Å². The Morgan fingerprint density at radius 1 is 0.893 bits per heavy atom. The van der Waals surface area contributed by atoms with Crippen molar-refractivity contribution in [2.24, 2.45) is 0 Å². The van der Waals surface area contributed by atoms with Crippen molar-refractivity contribution < 1.29 is 0 Å². The largest absolute Gasteiger partial charge is 0.282 e. The molecule has 0 aliphatic carbocycles. The summed E-state index contributed by atoms with van der Waals surface area (Å²) in [6, 6.07) is 16.3. The molecule has 142 valence electrons. The van der Waals surface area contributed by atoms with Gasteiger partial charge in [-0.05, 0) is 49.9 Å². The smallest absolute Gasteiger partial charge is 0.155 e. The molecule has 4 aromatic rings. The summed E-state index contributed by atoms with van der Waals surface area (Å²) in [5.41, 5.74) is 4.71. The van der Waals surface area contributed by atoms with Crippen molar-refractivity contribution in [2.75, 3.05) is 0 Å². The number of aromatic amines is 1. The number of rotatable bonds is 7. The number of aryl methyl sites for hydroxylation is 5. The summed E-state index contributed by atoms with van der Waals surface area (Å²) in [6.07, 6.45) is 5.18. The van der Waals surface area contributed by atoms with E-state index in [1.807, 2.05) is 35.9 Å². The van der Waals surface area contributed by atoms with Crippen LogP contribution in [0.4, 0.5) is 0 Å². The van der Waals surface area contributed by atoms with E-state index in [4.69, 9.17) is 10.1 Å². The minimum Gasteiger partial charge on any atom is -0.282 e. The molecule has 1 N–H and O–H groups in total. The predicted molar refractivity (Wildman–Crippen MR) is 108 cm³/mol. The highest BCUT2D eigenvalue weighted by Gasteiger charge is 2.14. The second-order valence-corrected chi connectivity index (χ2v) is 6.94. The van der Waals surface area contributed by atoms with Crippen LogP contribution in [-0.4, -0.2) is 29.9 Å². The van der Waals surface area contributed by atoms with Crippen LogP contribution in [0.1, 0.15) is 34.2 Å². The molecule has 28 heavy (non-hydrogen) atoms. The molecule has 0 unspecified atom stereocenters. The number of H-pyrrole nitrogens is 1. The fraction of sp³-hybridized carbons (Fsp3) is 0.273. The number of pyridine rings is 1. The third-order valence-corrected chi connectivity index (χ3v) is 4.94. The Balaban J connectivity index is 1.57. The fourth-order valence-corrected chi connectivity index (χ4v) is 3.40. The summed E-state index contributed by atoms with van der Waals surface area (Å²) >= 11 is 0. The average molecular weight is 372 g/mol. The van der Waals surface area contributed by atoms with Gasteiger partial charge in [0.15, 0.2) is 11.6 Å². The molecule has 6 heteroatoms. The SMILES string of the molecule is Cc1n[nH]c(C)c1CCc1nc(CCc2ccccc2)nn1-c1ccccn1. The lowest BCUT2D eigenvalue weighted by atomic mass is 10.1. The molecule has 3 heterocycles. The second kappa shape index (κ2) is 8.17. The zero-order valence-corrected chi connectivity index (χ0v) is 16.3. The van der Waals surface area contributed by atoms with Crippen LogP contribution in [-0.2, 0) is 25.7 Å². The van der Waals surface area contributed by atoms with Gasteiger partial charge in [0.2, 0.25) is 0 Å². The predicted octanol–water partition coefficient (Wildman–Crippen LogP) is 3.57. The van der Waals surface area contributed by atoms with Gasteiger partial charge in [0, 0.05) is 24.7 Å². The number of nitrogens with zero attached hydrogens (tertiary/aromatic N) is 5. The van der Waals surface area contributed by atoms with Crippen molar-refractivity contribution in [1.29, 1.82) is 0 Å². The molecule has 0 spiro atoms. The van der Waals surface area contributed by atoms with Crippen LogP contribution in [0, 0.1) is 13.8 Å². The molecule has 4 rings (SSSR count). The molecule has 3 aromatic heterocycles.